The fourth-order valence-corrected chi connectivity index (χ4v) is 4.28. The zero-order valence-corrected chi connectivity index (χ0v) is 16.4. The third kappa shape index (κ3) is 3.18. The summed E-state index contributed by atoms with van der Waals surface area (Å²) in [5, 5.41) is 9.94. The van der Waals surface area contributed by atoms with Gasteiger partial charge < -0.3 is 14.8 Å². The second-order valence-electron chi connectivity index (χ2n) is 7.77. The third-order valence-corrected chi connectivity index (χ3v) is 5.86. The number of H-pyrrole nitrogens is 1. The van der Waals surface area contributed by atoms with Crippen molar-refractivity contribution in [2.24, 2.45) is 0 Å². The summed E-state index contributed by atoms with van der Waals surface area (Å²) in [4.78, 5) is 27.3. The summed E-state index contributed by atoms with van der Waals surface area (Å²) in [6.45, 7) is 2.29. The summed E-state index contributed by atoms with van der Waals surface area (Å²) >= 11 is 0. The molecule has 1 aromatic carbocycles. The van der Waals surface area contributed by atoms with Crippen molar-refractivity contribution in [3.63, 3.8) is 0 Å². The highest BCUT2D eigenvalue weighted by Crippen LogP contribution is 2.34. The highest BCUT2D eigenvalue weighted by atomic mass is 19.1. The van der Waals surface area contributed by atoms with Crippen LogP contribution in [-0.2, 0) is 13.0 Å². The van der Waals surface area contributed by atoms with Gasteiger partial charge in [0, 0.05) is 31.4 Å². The average molecular weight is 407 g/mol. The number of nitrogens with one attached hydrogen (secondary N) is 2. The smallest absolute Gasteiger partial charge is 0.259 e. The molecular weight excluding hydrogens is 385 g/mol. The van der Waals surface area contributed by atoms with Crippen molar-refractivity contribution in [3.05, 3.63) is 59.0 Å². The Labute approximate surface area is 172 Å². The molecule has 7 nitrogen and oxygen atoms in total. The first-order valence-electron chi connectivity index (χ1n) is 10.2. The fourth-order valence-electron chi connectivity index (χ4n) is 4.28. The Kier molecular flexibility index (Phi) is 4.61. The summed E-state index contributed by atoms with van der Waals surface area (Å²) < 4.78 is 16.0. The lowest BCUT2D eigenvalue weighted by molar-refractivity contribution is 0.0724. The van der Waals surface area contributed by atoms with Crippen molar-refractivity contribution < 1.29 is 14.0 Å². The van der Waals surface area contributed by atoms with Gasteiger partial charge in [-0.05, 0) is 43.9 Å². The number of carbonyl (C=O) groups excluding carboxylic acids is 2. The molecule has 2 amide bonds. The molecule has 8 heteroatoms. The molecule has 2 aliphatic heterocycles. The van der Waals surface area contributed by atoms with Crippen LogP contribution in [0.4, 0.5) is 10.2 Å². The Balaban J connectivity index is 1.40. The number of hydrogen-bond donors (Lipinski definition) is 2. The van der Waals surface area contributed by atoms with Gasteiger partial charge in [0.1, 0.15) is 5.82 Å². The van der Waals surface area contributed by atoms with Crippen LogP contribution in [0.5, 0.6) is 0 Å². The van der Waals surface area contributed by atoms with Crippen LogP contribution in [0.2, 0.25) is 0 Å². The normalized spacial score (nSPS) is 15.4. The molecule has 4 heterocycles. The first kappa shape index (κ1) is 18.6. The summed E-state index contributed by atoms with van der Waals surface area (Å²) in [6.07, 6.45) is 5.82. The van der Waals surface area contributed by atoms with E-state index in [9.17, 15) is 14.0 Å². The molecule has 0 radical (unpaired) electrons. The SMILES string of the molecule is O=C(Nc1n[nH]c2c1CCn1cc(C(=O)N3CCCCC3)cc1-2)c1ccccc1F. The topological polar surface area (TPSA) is 83.0 Å². The standard InChI is InChI=1S/C22H22FN5O2/c23-17-7-3-2-6-15(17)21(29)24-20-16-8-11-28-13-14(12-18(28)19(16)25-26-20)22(30)27-9-4-1-5-10-27/h2-3,6-7,12-13H,1,4-5,8-11H2,(H2,24,25,26,29). The number of aromatic amines is 1. The molecular formula is C22H22FN5O2. The predicted octanol–water partition coefficient (Wildman–Crippen LogP) is 3.45. The van der Waals surface area contributed by atoms with Gasteiger partial charge in [-0.15, -0.1) is 0 Å². The van der Waals surface area contributed by atoms with Gasteiger partial charge in [-0.2, -0.15) is 5.10 Å². The van der Waals surface area contributed by atoms with E-state index in [1.807, 2.05) is 21.7 Å². The van der Waals surface area contributed by atoms with Gasteiger partial charge in [0.25, 0.3) is 11.8 Å². The molecule has 154 valence electrons. The molecule has 2 aliphatic rings. The molecule has 1 saturated heterocycles. The van der Waals surface area contributed by atoms with Crippen LogP contribution in [0.25, 0.3) is 11.4 Å². The van der Waals surface area contributed by atoms with Crippen LogP contribution >= 0.6 is 0 Å². The zero-order valence-electron chi connectivity index (χ0n) is 16.4. The maximum absolute atomic E-state index is 13.9. The molecule has 0 aliphatic carbocycles. The van der Waals surface area contributed by atoms with Crippen LogP contribution in [0.3, 0.4) is 0 Å². The van der Waals surface area contributed by atoms with Crippen LogP contribution in [0, 0.1) is 5.82 Å². The van der Waals surface area contributed by atoms with Gasteiger partial charge in [-0.1, -0.05) is 12.1 Å². The number of fused-ring (bicyclic) bond motifs is 3. The second-order valence-corrected chi connectivity index (χ2v) is 7.77. The van der Waals surface area contributed by atoms with Crippen molar-refractivity contribution in [1.82, 2.24) is 19.7 Å². The molecule has 0 bridgehead atoms. The first-order chi connectivity index (χ1) is 14.6. The summed E-state index contributed by atoms with van der Waals surface area (Å²) in [6, 6.07) is 7.73. The number of aryl methyl sites for hydroxylation is 1. The largest absolute Gasteiger partial charge is 0.345 e. The number of halogens is 1. The number of likely N-dealkylation sites (tertiary alicyclic amines) is 1. The van der Waals surface area contributed by atoms with E-state index in [1.165, 1.54) is 18.6 Å². The highest BCUT2D eigenvalue weighted by molar-refractivity contribution is 6.04. The number of nitrogens with zero attached hydrogens (tertiary/aromatic N) is 3. The van der Waals surface area contributed by atoms with Crippen molar-refractivity contribution >= 4 is 17.6 Å². The first-order valence-corrected chi connectivity index (χ1v) is 10.2. The van der Waals surface area contributed by atoms with Gasteiger partial charge in [0.05, 0.1) is 22.5 Å². The molecule has 0 atom stereocenters. The quantitative estimate of drug-likeness (QED) is 0.698. The Hall–Kier alpha value is -3.42. The number of rotatable bonds is 3. The Bertz CT molecular complexity index is 1130. The number of aromatic nitrogens is 3. The lowest BCUT2D eigenvalue weighted by atomic mass is 10.1. The summed E-state index contributed by atoms with van der Waals surface area (Å²) in [5.41, 5.74) is 3.16. The molecule has 1 fully saturated rings. The zero-order chi connectivity index (χ0) is 20.7. The van der Waals surface area contributed by atoms with Crippen molar-refractivity contribution in [2.45, 2.75) is 32.2 Å². The molecule has 5 rings (SSSR count). The van der Waals surface area contributed by atoms with E-state index in [0.717, 1.165) is 42.9 Å². The minimum absolute atomic E-state index is 0.0251. The van der Waals surface area contributed by atoms with Crippen LogP contribution in [0.15, 0.2) is 36.5 Å². The number of benzene rings is 1. The van der Waals surface area contributed by atoms with Gasteiger partial charge in [-0.3, -0.25) is 14.7 Å². The maximum atomic E-state index is 13.9. The lowest BCUT2D eigenvalue weighted by Gasteiger charge is -2.26. The molecule has 3 aromatic rings. The van der Waals surface area contributed by atoms with Crippen molar-refractivity contribution in [3.8, 4) is 11.4 Å². The Morgan fingerprint density at radius 1 is 1.10 bits per heavy atom. The fraction of sp³-hybridized carbons (Fsp3) is 0.318. The van der Waals surface area contributed by atoms with E-state index in [0.29, 0.717) is 24.3 Å². The maximum Gasteiger partial charge on any atom is 0.259 e. The molecule has 0 saturated carbocycles. The van der Waals surface area contributed by atoms with E-state index < -0.39 is 11.7 Å². The summed E-state index contributed by atoms with van der Waals surface area (Å²) in [5.74, 6) is -0.654. The molecule has 2 aromatic heterocycles. The van der Waals surface area contributed by atoms with Gasteiger partial charge in [0.2, 0.25) is 0 Å². The Morgan fingerprint density at radius 3 is 2.70 bits per heavy atom. The van der Waals surface area contributed by atoms with Crippen molar-refractivity contribution in [2.75, 3.05) is 18.4 Å². The number of carbonyl (C=O) groups is 2. The van der Waals surface area contributed by atoms with Gasteiger partial charge >= 0.3 is 0 Å². The van der Waals surface area contributed by atoms with E-state index in [4.69, 9.17) is 0 Å². The number of anilines is 1. The number of amides is 2. The molecule has 0 spiro atoms. The van der Waals surface area contributed by atoms with Gasteiger partial charge in [-0.25, -0.2) is 4.39 Å². The van der Waals surface area contributed by atoms with Gasteiger partial charge in [0.15, 0.2) is 5.82 Å². The predicted molar refractivity (Wildman–Crippen MR) is 110 cm³/mol. The minimum atomic E-state index is -0.575. The van der Waals surface area contributed by atoms with Crippen molar-refractivity contribution in [1.29, 1.82) is 0 Å². The lowest BCUT2D eigenvalue weighted by Crippen LogP contribution is -2.35. The monoisotopic (exact) mass is 407 g/mol. The minimum Gasteiger partial charge on any atom is -0.345 e. The molecule has 0 unspecified atom stereocenters. The average Bonchev–Trinajstić information content (AvgIpc) is 3.38. The summed E-state index contributed by atoms with van der Waals surface area (Å²) in [7, 11) is 0. The number of hydrogen-bond acceptors (Lipinski definition) is 3. The molecule has 30 heavy (non-hydrogen) atoms. The molecule has 2 N–H and O–H groups in total. The van der Waals surface area contributed by atoms with E-state index >= 15 is 0 Å². The number of piperidine rings is 1. The highest BCUT2D eigenvalue weighted by Gasteiger charge is 2.27. The van der Waals surface area contributed by atoms with E-state index in [1.54, 1.807) is 12.1 Å². The second kappa shape index (κ2) is 7.44. The van der Waals surface area contributed by atoms with Crippen LogP contribution in [0.1, 0.15) is 45.5 Å². The van der Waals surface area contributed by atoms with E-state index in [-0.39, 0.29) is 11.5 Å². The van der Waals surface area contributed by atoms with E-state index in [2.05, 4.69) is 15.5 Å². The van der Waals surface area contributed by atoms with Crippen LogP contribution < -0.4 is 5.32 Å². The Morgan fingerprint density at radius 2 is 1.90 bits per heavy atom. The van der Waals surface area contributed by atoms with Crippen LogP contribution in [-0.4, -0.2) is 44.6 Å². The third-order valence-electron chi connectivity index (χ3n) is 5.86.